The fourth-order valence-electron chi connectivity index (χ4n) is 8.73. The molecule has 78 heavy (non-hydrogen) atoms. The average Bonchev–Trinajstić information content (AvgIpc) is 4.17. The fraction of sp³-hybridized carbons (Fsp3) is 0.362. The number of ether oxygens (including phenoxy) is 3. The van der Waals surface area contributed by atoms with Crippen LogP contribution in [0, 0.1) is 11.6 Å². The molecule has 0 aliphatic heterocycles. The Morgan fingerprint density at radius 3 is 1.41 bits per heavy atom. The summed E-state index contributed by atoms with van der Waals surface area (Å²) in [6.07, 6.45) is 6.89. The maximum Gasteiger partial charge on any atom is 0.271 e. The molecular formula is C58H70ClF2N8O8P. The quantitative estimate of drug-likeness (QED) is 0.0386. The van der Waals surface area contributed by atoms with E-state index >= 15 is 0 Å². The summed E-state index contributed by atoms with van der Waals surface area (Å²) in [6, 6.07) is 23.3. The number of aromatic amines is 3. The van der Waals surface area contributed by atoms with Gasteiger partial charge in [0, 0.05) is 67.1 Å². The van der Waals surface area contributed by atoms with Gasteiger partial charge in [-0.3, -0.25) is 24.0 Å². The summed E-state index contributed by atoms with van der Waals surface area (Å²) in [5, 5.41) is 15.4. The van der Waals surface area contributed by atoms with E-state index in [2.05, 4.69) is 57.4 Å². The molecule has 5 amide bonds. The molecule has 8 rings (SSSR count). The number of halogens is 3. The second-order valence-electron chi connectivity index (χ2n) is 19.1. The summed E-state index contributed by atoms with van der Waals surface area (Å²) >= 11 is 6.00. The van der Waals surface area contributed by atoms with Crippen LogP contribution in [0.2, 0.25) is 5.02 Å². The van der Waals surface area contributed by atoms with Crippen LogP contribution >= 0.6 is 20.8 Å². The molecule has 20 heteroatoms. The number of nitrogens with one attached hydrogen (secondary N) is 8. The SMILES string of the molecule is C=C(C)c1[nH]c(C(=O)NCC)cc1OC(C)c1ccc(Cl)cc1P.CNC(=O)c1[nH]c(C(=O)NC2CCC2)cc1OC(C)c1ccccc1F.CNC(=O)c1[nH]c(C(=O)NC2CCCCC2)cc1OC(C)c1ccccc1F. The molecule has 0 radical (unpaired) electrons. The minimum Gasteiger partial charge on any atom is -0.484 e. The van der Waals surface area contributed by atoms with Crippen LogP contribution in [-0.4, -0.2) is 77.2 Å². The molecule has 3 aromatic carbocycles. The summed E-state index contributed by atoms with van der Waals surface area (Å²) in [7, 11) is 5.65. The van der Waals surface area contributed by atoms with Gasteiger partial charge < -0.3 is 55.7 Å². The van der Waals surface area contributed by atoms with Crippen LogP contribution in [0.4, 0.5) is 8.78 Å². The zero-order valence-corrected chi connectivity index (χ0v) is 46.9. The Morgan fingerprint density at radius 1 is 0.603 bits per heavy atom. The van der Waals surface area contributed by atoms with Crippen molar-refractivity contribution >= 4 is 61.3 Å². The number of benzene rings is 3. The Kier molecular flexibility index (Phi) is 21.7. The maximum atomic E-state index is 14.0. The highest BCUT2D eigenvalue weighted by molar-refractivity contribution is 7.27. The minimum atomic E-state index is -0.630. The van der Waals surface area contributed by atoms with E-state index in [4.69, 9.17) is 25.8 Å². The van der Waals surface area contributed by atoms with Crippen LogP contribution in [0.1, 0.15) is 179 Å². The zero-order chi connectivity index (χ0) is 56.6. The van der Waals surface area contributed by atoms with Crippen molar-refractivity contribution in [2.75, 3.05) is 20.6 Å². The molecule has 2 fully saturated rings. The Balaban J connectivity index is 0.000000190. The molecule has 8 N–H and O–H groups in total. The number of aromatic nitrogens is 3. The smallest absolute Gasteiger partial charge is 0.271 e. The van der Waals surface area contributed by atoms with Gasteiger partial charge in [-0.15, -0.1) is 9.24 Å². The first-order chi connectivity index (χ1) is 37.3. The Hall–Kier alpha value is -7.43. The normalized spacial score (nSPS) is 14.3. The van der Waals surface area contributed by atoms with Crippen molar-refractivity contribution in [3.8, 4) is 17.2 Å². The number of carbonyl (C=O) groups is 5. The third kappa shape index (κ3) is 15.8. The number of H-pyrrole nitrogens is 3. The molecule has 416 valence electrons. The van der Waals surface area contributed by atoms with Crippen LogP contribution in [0.15, 0.2) is 91.5 Å². The first kappa shape index (κ1) is 59.8. The Bertz CT molecular complexity index is 3070. The molecule has 6 aromatic rings. The number of allylic oxidation sites excluding steroid dienone is 1. The van der Waals surface area contributed by atoms with E-state index in [1.807, 2.05) is 39.0 Å². The second-order valence-corrected chi connectivity index (χ2v) is 20.1. The molecule has 3 aromatic heterocycles. The first-order valence-electron chi connectivity index (χ1n) is 26.0. The molecule has 0 spiro atoms. The summed E-state index contributed by atoms with van der Waals surface area (Å²) in [6.45, 7) is 13.6. The van der Waals surface area contributed by atoms with Gasteiger partial charge >= 0.3 is 0 Å². The first-order valence-corrected chi connectivity index (χ1v) is 27.0. The summed E-state index contributed by atoms with van der Waals surface area (Å²) in [5.74, 6) is -1.30. The molecule has 3 heterocycles. The van der Waals surface area contributed by atoms with Gasteiger partial charge in [0.1, 0.15) is 64.2 Å². The van der Waals surface area contributed by atoms with Crippen molar-refractivity contribution in [1.29, 1.82) is 0 Å². The maximum absolute atomic E-state index is 14.0. The van der Waals surface area contributed by atoms with Crippen LogP contribution in [0.5, 0.6) is 17.2 Å². The van der Waals surface area contributed by atoms with Gasteiger partial charge in [-0.1, -0.05) is 79.9 Å². The molecule has 4 atom stereocenters. The molecular weight excluding hydrogens is 1040 g/mol. The Labute approximate surface area is 461 Å². The van der Waals surface area contributed by atoms with Crippen molar-refractivity contribution in [1.82, 2.24) is 41.5 Å². The van der Waals surface area contributed by atoms with Gasteiger partial charge in [-0.25, -0.2) is 8.78 Å². The monoisotopic (exact) mass is 1110 g/mol. The van der Waals surface area contributed by atoms with Gasteiger partial charge in [0.2, 0.25) is 0 Å². The van der Waals surface area contributed by atoms with Gasteiger partial charge in [0.15, 0.2) is 11.5 Å². The summed E-state index contributed by atoms with van der Waals surface area (Å²) in [5.41, 5.74) is 4.51. The number of hydrogen-bond acceptors (Lipinski definition) is 8. The summed E-state index contributed by atoms with van der Waals surface area (Å²) in [4.78, 5) is 70.1. The number of amides is 5. The predicted octanol–water partition coefficient (Wildman–Crippen LogP) is 10.7. The highest BCUT2D eigenvalue weighted by Crippen LogP contribution is 2.33. The largest absolute Gasteiger partial charge is 0.484 e. The van der Waals surface area contributed by atoms with E-state index in [-0.39, 0.29) is 81.8 Å². The topological polar surface area (TPSA) is 221 Å². The lowest BCUT2D eigenvalue weighted by molar-refractivity contribution is 0.0905. The molecule has 0 saturated heterocycles. The fourth-order valence-corrected chi connectivity index (χ4v) is 9.52. The average molecular weight is 1110 g/mol. The van der Waals surface area contributed by atoms with E-state index in [9.17, 15) is 32.8 Å². The minimum absolute atomic E-state index is 0.134. The van der Waals surface area contributed by atoms with Crippen LogP contribution < -0.4 is 46.1 Å². The van der Waals surface area contributed by atoms with Gasteiger partial charge in [0.25, 0.3) is 29.5 Å². The molecule has 4 unspecified atom stereocenters. The van der Waals surface area contributed by atoms with Crippen molar-refractivity contribution in [2.45, 2.75) is 116 Å². The van der Waals surface area contributed by atoms with Crippen molar-refractivity contribution in [2.24, 2.45) is 0 Å². The molecule has 2 saturated carbocycles. The summed E-state index contributed by atoms with van der Waals surface area (Å²) < 4.78 is 45.7. The second kappa shape index (κ2) is 28.3. The van der Waals surface area contributed by atoms with Gasteiger partial charge in [-0.2, -0.15) is 0 Å². The van der Waals surface area contributed by atoms with E-state index in [0.29, 0.717) is 34.1 Å². The molecule has 2 aliphatic rings. The van der Waals surface area contributed by atoms with Gasteiger partial charge in [-0.05, 0) is 107 Å². The van der Waals surface area contributed by atoms with Crippen LogP contribution in [0.25, 0.3) is 5.57 Å². The zero-order valence-electron chi connectivity index (χ0n) is 45.0. The third-order valence-electron chi connectivity index (χ3n) is 13.2. The van der Waals surface area contributed by atoms with E-state index in [0.717, 1.165) is 67.1 Å². The molecule has 2 aliphatic carbocycles. The molecule has 16 nitrogen and oxygen atoms in total. The number of hydrogen-bond donors (Lipinski definition) is 8. The van der Waals surface area contributed by atoms with Crippen molar-refractivity contribution < 1.29 is 47.0 Å². The van der Waals surface area contributed by atoms with Crippen LogP contribution in [-0.2, 0) is 0 Å². The number of carbonyl (C=O) groups excluding carboxylic acids is 5. The highest BCUT2D eigenvalue weighted by atomic mass is 35.5. The van der Waals surface area contributed by atoms with Crippen molar-refractivity contribution in [3.63, 3.8) is 0 Å². The standard InChI is InChI=1S/C21H26FN3O3.C19H22FN3O3.C18H22ClN2O2P/c1-13(15-10-6-7-11-16(15)22)28-18-12-17(25-19(18)21(27)23-2)20(26)24-14-8-4-3-5-9-14;1-11(13-8-3-4-9-14(13)20)26-16-10-15(23-17(16)19(25)21-2)18(24)22-12-6-5-7-12;1-5-20-18(22)14-9-15(17(21-14)10(2)3)23-11(4)13-7-6-12(19)8-16(13)24/h6-7,10-14,25H,3-5,8-9H2,1-2H3,(H,23,27)(H,24,26);3-4,8-12,23H,5-7H2,1-2H3,(H,21,25)(H,22,24);6-9,11,21H,2,5,24H2,1,3-4H3,(H,20,22). The van der Waals surface area contributed by atoms with Gasteiger partial charge in [0.05, 0.1) is 5.69 Å². The van der Waals surface area contributed by atoms with E-state index in [1.165, 1.54) is 44.8 Å². The third-order valence-corrected chi connectivity index (χ3v) is 14.0. The number of rotatable bonds is 18. The van der Waals surface area contributed by atoms with Crippen molar-refractivity contribution in [3.05, 3.63) is 159 Å². The Morgan fingerprint density at radius 2 is 1.01 bits per heavy atom. The lowest BCUT2D eigenvalue weighted by Crippen LogP contribution is -2.39. The van der Waals surface area contributed by atoms with Crippen LogP contribution in [0.3, 0.4) is 0 Å². The lowest BCUT2D eigenvalue weighted by atomic mass is 9.93. The highest BCUT2D eigenvalue weighted by Gasteiger charge is 2.27. The van der Waals surface area contributed by atoms with E-state index < -0.39 is 24.0 Å². The predicted molar refractivity (Wildman–Crippen MR) is 302 cm³/mol. The molecule has 0 bridgehead atoms. The van der Waals surface area contributed by atoms with E-state index in [1.54, 1.807) is 56.3 Å². The lowest BCUT2D eigenvalue weighted by Gasteiger charge is -2.25.